The highest BCUT2D eigenvalue weighted by atomic mass is 35.5. The predicted molar refractivity (Wildman–Crippen MR) is 122 cm³/mol. The van der Waals surface area contributed by atoms with Gasteiger partial charge in [-0.3, -0.25) is 4.79 Å². The Hall–Kier alpha value is -3.48. The van der Waals surface area contributed by atoms with Gasteiger partial charge in [-0.05, 0) is 42.5 Å². The molecule has 10 nitrogen and oxygen atoms in total. The summed E-state index contributed by atoms with van der Waals surface area (Å²) in [5.41, 5.74) is 0.893. The first kappa shape index (κ1) is 24.2. The molecule has 0 saturated carbocycles. The zero-order valence-corrected chi connectivity index (χ0v) is 19.1. The van der Waals surface area contributed by atoms with Crippen molar-refractivity contribution in [3.05, 3.63) is 59.5 Å². The maximum absolute atomic E-state index is 14.2. The van der Waals surface area contributed by atoms with Crippen molar-refractivity contribution in [2.45, 2.75) is 4.90 Å². The number of carbonyl (C=O) groups is 1. The van der Waals surface area contributed by atoms with E-state index in [2.05, 4.69) is 20.6 Å². The highest BCUT2D eigenvalue weighted by Gasteiger charge is 2.12. The van der Waals surface area contributed by atoms with Crippen LogP contribution in [0.25, 0.3) is 0 Å². The minimum absolute atomic E-state index is 0.0502. The van der Waals surface area contributed by atoms with Crippen molar-refractivity contribution in [3.63, 3.8) is 0 Å². The second-order valence-electron chi connectivity index (χ2n) is 6.93. The summed E-state index contributed by atoms with van der Waals surface area (Å²) < 4.78 is 42.3. The summed E-state index contributed by atoms with van der Waals surface area (Å²) in [5.74, 6) is -0.698. The quantitative estimate of drug-likeness (QED) is 0.434. The summed E-state index contributed by atoms with van der Waals surface area (Å²) in [5, 5.41) is 10.9. The van der Waals surface area contributed by atoms with E-state index in [9.17, 15) is 17.6 Å². The van der Waals surface area contributed by atoms with E-state index in [1.165, 1.54) is 35.2 Å². The number of hydrogen-bond donors (Lipinski definition) is 3. The molecule has 0 atom stereocenters. The molecule has 1 heterocycles. The molecule has 0 aliphatic heterocycles. The number of amides is 1. The van der Waals surface area contributed by atoms with Gasteiger partial charge in [0.25, 0.3) is 5.91 Å². The number of primary sulfonamides is 1. The SMILES string of the molecule is CN(C)C(=O)COc1ccc(Nc2nc(Nc3ccc(S(N)(=O)=O)cc3)ncc2F)cc1Cl. The van der Waals surface area contributed by atoms with E-state index in [0.29, 0.717) is 17.1 Å². The van der Waals surface area contributed by atoms with Crippen molar-refractivity contribution in [1.82, 2.24) is 14.9 Å². The van der Waals surface area contributed by atoms with Crippen LogP contribution in [0.2, 0.25) is 5.02 Å². The number of carbonyl (C=O) groups excluding carboxylic acids is 1. The Morgan fingerprint density at radius 3 is 2.42 bits per heavy atom. The average Bonchev–Trinajstić information content (AvgIpc) is 2.75. The van der Waals surface area contributed by atoms with Crippen LogP contribution in [0, 0.1) is 5.82 Å². The number of anilines is 4. The molecule has 0 aliphatic carbocycles. The minimum atomic E-state index is -3.82. The lowest BCUT2D eigenvalue weighted by atomic mass is 10.3. The smallest absolute Gasteiger partial charge is 0.259 e. The molecule has 2 aromatic carbocycles. The third kappa shape index (κ3) is 6.51. The Kier molecular flexibility index (Phi) is 7.31. The fourth-order valence-electron chi connectivity index (χ4n) is 2.47. The van der Waals surface area contributed by atoms with Crippen LogP contribution in [0.4, 0.5) is 27.5 Å². The third-order valence-corrected chi connectivity index (χ3v) is 5.45. The molecular formula is C20H20ClFN6O4S. The van der Waals surface area contributed by atoms with Gasteiger partial charge in [0.1, 0.15) is 5.75 Å². The Morgan fingerprint density at radius 1 is 1.15 bits per heavy atom. The maximum atomic E-state index is 14.2. The zero-order valence-electron chi connectivity index (χ0n) is 17.5. The lowest BCUT2D eigenvalue weighted by Gasteiger charge is -2.13. The molecule has 33 heavy (non-hydrogen) atoms. The molecule has 0 fully saturated rings. The van der Waals surface area contributed by atoms with Crippen molar-refractivity contribution in [1.29, 1.82) is 0 Å². The number of rotatable bonds is 8. The lowest BCUT2D eigenvalue weighted by Crippen LogP contribution is -2.27. The van der Waals surface area contributed by atoms with Crippen molar-refractivity contribution < 1.29 is 22.3 Å². The number of halogens is 2. The first-order chi connectivity index (χ1) is 15.5. The first-order valence-electron chi connectivity index (χ1n) is 9.35. The number of nitrogens with zero attached hydrogens (tertiary/aromatic N) is 3. The summed E-state index contributed by atoms with van der Waals surface area (Å²) in [7, 11) is -0.594. The van der Waals surface area contributed by atoms with Crippen molar-refractivity contribution >= 4 is 50.7 Å². The molecule has 0 radical (unpaired) electrons. The van der Waals surface area contributed by atoms with Gasteiger partial charge in [-0.2, -0.15) is 4.98 Å². The summed E-state index contributed by atoms with van der Waals surface area (Å²) in [6, 6.07) is 10.2. The van der Waals surface area contributed by atoms with Crippen LogP contribution < -0.4 is 20.5 Å². The van der Waals surface area contributed by atoms with E-state index >= 15 is 0 Å². The van der Waals surface area contributed by atoms with E-state index in [-0.39, 0.29) is 34.2 Å². The Morgan fingerprint density at radius 2 is 1.82 bits per heavy atom. The minimum Gasteiger partial charge on any atom is -0.482 e. The topological polar surface area (TPSA) is 140 Å². The molecule has 0 saturated heterocycles. The molecule has 1 amide bonds. The van der Waals surface area contributed by atoms with Gasteiger partial charge in [0.15, 0.2) is 18.2 Å². The van der Waals surface area contributed by atoms with Gasteiger partial charge in [-0.25, -0.2) is 22.9 Å². The van der Waals surface area contributed by atoms with E-state index < -0.39 is 15.8 Å². The maximum Gasteiger partial charge on any atom is 0.259 e. The van der Waals surface area contributed by atoms with E-state index in [1.807, 2.05) is 0 Å². The summed E-state index contributed by atoms with van der Waals surface area (Å²) in [6.07, 6.45) is 0.975. The summed E-state index contributed by atoms with van der Waals surface area (Å²) >= 11 is 6.20. The normalized spacial score (nSPS) is 11.1. The van der Waals surface area contributed by atoms with Gasteiger partial charge in [0.05, 0.1) is 16.1 Å². The Balaban J connectivity index is 1.72. The predicted octanol–water partition coefficient (Wildman–Crippen LogP) is 2.87. The standard InChI is InChI=1S/C20H20ClFN6O4S/c1-28(2)18(29)11-32-17-8-5-13(9-15(17)21)25-19-16(22)10-24-20(27-19)26-12-3-6-14(7-4-12)33(23,30)31/h3-10H,11H2,1-2H3,(H2,23,30,31)(H2,24,25,26,27). The highest BCUT2D eigenvalue weighted by Crippen LogP contribution is 2.29. The second-order valence-corrected chi connectivity index (χ2v) is 8.90. The van der Waals surface area contributed by atoms with Crippen LogP contribution in [-0.4, -0.2) is 49.9 Å². The highest BCUT2D eigenvalue weighted by molar-refractivity contribution is 7.89. The molecule has 0 spiro atoms. The summed E-state index contributed by atoms with van der Waals surface area (Å²) in [6.45, 7) is -0.173. The van der Waals surface area contributed by atoms with Crippen molar-refractivity contribution in [2.75, 3.05) is 31.3 Å². The van der Waals surface area contributed by atoms with E-state index in [0.717, 1.165) is 6.20 Å². The van der Waals surface area contributed by atoms with Crippen LogP contribution in [0.3, 0.4) is 0 Å². The molecule has 3 aromatic rings. The lowest BCUT2D eigenvalue weighted by molar-refractivity contribution is -0.130. The van der Waals surface area contributed by atoms with E-state index in [1.54, 1.807) is 26.2 Å². The van der Waals surface area contributed by atoms with Gasteiger partial charge in [0, 0.05) is 25.5 Å². The number of ether oxygens (including phenoxy) is 1. The van der Waals surface area contributed by atoms with Gasteiger partial charge in [-0.15, -0.1) is 0 Å². The molecular weight excluding hydrogens is 475 g/mol. The molecule has 0 bridgehead atoms. The first-order valence-corrected chi connectivity index (χ1v) is 11.3. The van der Waals surface area contributed by atoms with Gasteiger partial charge in [0.2, 0.25) is 16.0 Å². The molecule has 13 heteroatoms. The molecule has 3 rings (SSSR count). The van der Waals surface area contributed by atoms with Crippen molar-refractivity contribution in [3.8, 4) is 5.75 Å². The Labute approximate surface area is 194 Å². The van der Waals surface area contributed by atoms with E-state index in [4.69, 9.17) is 21.5 Å². The monoisotopic (exact) mass is 494 g/mol. The average molecular weight is 495 g/mol. The largest absolute Gasteiger partial charge is 0.482 e. The molecule has 0 unspecified atom stereocenters. The molecule has 0 aliphatic rings. The van der Waals surface area contributed by atoms with Gasteiger partial charge < -0.3 is 20.3 Å². The van der Waals surface area contributed by atoms with Crippen LogP contribution >= 0.6 is 11.6 Å². The van der Waals surface area contributed by atoms with Crippen LogP contribution in [0.1, 0.15) is 0 Å². The van der Waals surface area contributed by atoms with Gasteiger partial charge in [-0.1, -0.05) is 11.6 Å². The number of hydrogen-bond acceptors (Lipinski definition) is 8. The number of benzene rings is 2. The number of likely N-dealkylation sites (N-methyl/N-ethyl adjacent to an activating group) is 1. The number of aromatic nitrogens is 2. The number of sulfonamides is 1. The third-order valence-electron chi connectivity index (χ3n) is 4.23. The molecule has 4 N–H and O–H groups in total. The summed E-state index contributed by atoms with van der Waals surface area (Å²) in [4.78, 5) is 20.9. The van der Waals surface area contributed by atoms with Crippen LogP contribution in [0.15, 0.2) is 53.6 Å². The number of nitrogens with one attached hydrogen (secondary N) is 2. The fourth-order valence-corrected chi connectivity index (χ4v) is 3.22. The zero-order chi connectivity index (χ0) is 24.2. The second kappa shape index (κ2) is 9.98. The Bertz CT molecular complexity index is 1270. The van der Waals surface area contributed by atoms with Gasteiger partial charge >= 0.3 is 0 Å². The fraction of sp³-hybridized carbons (Fsp3) is 0.150. The van der Waals surface area contributed by atoms with Crippen LogP contribution in [0.5, 0.6) is 5.75 Å². The molecule has 174 valence electrons. The number of nitrogens with two attached hydrogens (primary N) is 1. The molecule has 1 aromatic heterocycles. The van der Waals surface area contributed by atoms with Crippen molar-refractivity contribution in [2.24, 2.45) is 5.14 Å². The van der Waals surface area contributed by atoms with Crippen LogP contribution in [-0.2, 0) is 14.8 Å².